The Morgan fingerprint density at radius 1 is 1.25 bits per heavy atom. The van der Waals surface area contributed by atoms with E-state index in [9.17, 15) is 9.50 Å². The Hall–Kier alpha value is -1.62. The lowest BCUT2D eigenvalue weighted by atomic mass is 9.99. The van der Waals surface area contributed by atoms with E-state index < -0.39 is 6.10 Å². The lowest BCUT2D eigenvalue weighted by Gasteiger charge is -2.34. The highest BCUT2D eigenvalue weighted by Crippen LogP contribution is 2.41. The van der Waals surface area contributed by atoms with E-state index in [1.807, 2.05) is 25.2 Å². The fraction of sp³-hybridized carbons (Fsp3) is 0.368. The molecule has 0 amide bonds. The second kappa shape index (κ2) is 7.97. The van der Waals surface area contributed by atoms with Crippen LogP contribution in [-0.4, -0.2) is 31.3 Å². The molecule has 1 aliphatic rings. The van der Waals surface area contributed by atoms with Gasteiger partial charge in [0.05, 0.1) is 12.1 Å². The molecular weight excluding hydrogens is 327 g/mol. The van der Waals surface area contributed by atoms with E-state index in [-0.39, 0.29) is 24.3 Å². The van der Waals surface area contributed by atoms with Gasteiger partial charge in [0.1, 0.15) is 5.82 Å². The fourth-order valence-corrected chi connectivity index (χ4v) is 3.54. The Labute approximate surface area is 148 Å². The van der Waals surface area contributed by atoms with Crippen LogP contribution in [0.2, 0.25) is 0 Å². The molecule has 0 bridgehead atoms. The number of benzene rings is 2. The average Bonchev–Trinajstić information content (AvgIpc) is 2.86. The summed E-state index contributed by atoms with van der Waals surface area (Å²) in [5.74, 6) is 0.119. The quantitative estimate of drug-likeness (QED) is 0.866. The summed E-state index contributed by atoms with van der Waals surface area (Å²) in [4.78, 5) is 2.21. The first-order chi connectivity index (χ1) is 11.1. The summed E-state index contributed by atoms with van der Waals surface area (Å²) in [7, 11) is 1.81. The summed E-state index contributed by atoms with van der Waals surface area (Å²) in [6.45, 7) is 3.46. The third kappa shape index (κ3) is 3.56. The zero-order valence-electron chi connectivity index (χ0n) is 13.9. The van der Waals surface area contributed by atoms with Crippen molar-refractivity contribution in [3.05, 3.63) is 65.5 Å². The molecule has 0 saturated heterocycles. The molecule has 0 aromatic heterocycles. The van der Waals surface area contributed by atoms with Gasteiger partial charge in [0, 0.05) is 24.7 Å². The van der Waals surface area contributed by atoms with Crippen LogP contribution in [0.1, 0.15) is 30.0 Å². The minimum Gasteiger partial charge on any atom is -0.389 e. The Bertz CT molecular complexity index is 682. The maximum absolute atomic E-state index is 13.7. The number of aliphatic hydroxyl groups is 1. The number of likely N-dealkylation sites (N-methyl/N-ethyl adjacent to an activating group) is 1. The van der Waals surface area contributed by atoms with Crippen LogP contribution in [0.15, 0.2) is 48.5 Å². The Morgan fingerprint density at radius 2 is 2.00 bits per heavy atom. The van der Waals surface area contributed by atoms with E-state index in [1.165, 1.54) is 17.7 Å². The molecule has 0 aliphatic carbocycles. The van der Waals surface area contributed by atoms with Gasteiger partial charge >= 0.3 is 0 Å². The highest BCUT2D eigenvalue weighted by Gasteiger charge is 2.34. The van der Waals surface area contributed by atoms with Crippen molar-refractivity contribution in [1.29, 1.82) is 0 Å². The molecule has 130 valence electrons. The molecule has 5 heteroatoms. The fourth-order valence-electron chi connectivity index (χ4n) is 3.54. The molecule has 0 radical (unpaired) electrons. The first kappa shape index (κ1) is 18.7. The van der Waals surface area contributed by atoms with Gasteiger partial charge in [-0.25, -0.2) is 4.39 Å². The predicted molar refractivity (Wildman–Crippen MR) is 98.5 cm³/mol. The van der Waals surface area contributed by atoms with Crippen molar-refractivity contribution in [3.63, 3.8) is 0 Å². The molecule has 2 N–H and O–H groups in total. The van der Waals surface area contributed by atoms with Gasteiger partial charge in [-0.1, -0.05) is 37.3 Å². The molecule has 3 rings (SSSR count). The van der Waals surface area contributed by atoms with Crippen LogP contribution in [0.4, 0.5) is 10.1 Å². The standard InChI is InChI=1S/C19H23FN2O.ClH/c1-13-12-22(17-9-4-3-8-16(13)17)19(18(23)11-21-2)14-6-5-7-15(20)10-14;/h3-10,13,18-19,21,23H,11-12H2,1-2H3;1H/t13-,18-,19+;/m1./s1. The maximum Gasteiger partial charge on any atom is 0.123 e. The largest absolute Gasteiger partial charge is 0.389 e. The molecule has 0 fully saturated rings. The van der Waals surface area contributed by atoms with Crippen molar-refractivity contribution in [2.45, 2.75) is 25.0 Å². The Kier molecular flexibility index (Phi) is 6.21. The number of rotatable bonds is 5. The van der Waals surface area contributed by atoms with E-state index in [4.69, 9.17) is 0 Å². The summed E-state index contributed by atoms with van der Waals surface area (Å²) >= 11 is 0. The summed E-state index contributed by atoms with van der Waals surface area (Å²) in [6, 6.07) is 14.5. The first-order valence-corrected chi connectivity index (χ1v) is 8.05. The third-order valence-corrected chi connectivity index (χ3v) is 4.55. The summed E-state index contributed by atoms with van der Waals surface area (Å²) in [5.41, 5.74) is 3.21. The van der Waals surface area contributed by atoms with E-state index in [1.54, 1.807) is 6.07 Å². The number of hydrogen-bond acceptors (Lipinski definition) is 3. The van der Waals surface area contributed by atoms with Crippen molar-refractivity contribution < 1.29 is 9.50 Å². The lowest BCUT2D eigenvalue weighted by Crippen LogP contribution is -2.40. The Balaban J connectivity index is 0.00000208. The molecule has 3 nitrogen and oxygen atoms in total. The topological polar surface area (TPSA) is 35.5 Å². The van der Waals surface area contributed by atoms with E-state index in [2.05, 4.69) is 29.3 Å². The molecule has 3 atom stereocenters. The number of nitrogens with one attached hydrogen (secondary N) is 1. The highest BCUT2D eigenvalue weighted by atomic mass is 35.5. The van der Waals surface area contributed by atoms with Gasteiger partial charge in [-0.15, -0.1) is 12.4 Å². The van der Waals surface area contributed by atoms with Crippen LogP contribution < -0.4 is 10.2 Å². The Morgan fingerprint density at radius 3 is 2.71 bits per heavy atom. The van der Waals surface area contributed by atoms with Crippen LogP contribution in [-0.2, 0) is 0 Å². The maximum atomic E-state index is 13.7. The van der Waals surface area contributed by atoms with E-state index >= 15 is 0 Å². The molecule has 24 heavy (non-hydrogen) atoms. The van der Waals surface area contributed by atoms with Crippen LogP contribution in [0.25, 0.3) is 0 Å². The van der Waals surface area contributed by atoms with Crippen LogP contribution in [0.3, 0.4) is 0 Å². The van der Waals surface area contributed by atoms with Crippen molar-refractivity contribution in [2.24, 2.45) is 0 Å². The minimum absolute atomic E-state index is 0. The summed E-state index contributed by atoms with van der Waals surface area (Å²) in [6.07, 6.45) is -0.625. The molecular formula is C19H24ClFN2O. The van der Waals surface area contributed by atoms with Crippen molar-refractivity contribution in [3.8, 4) is 0 Å². The van der Waals surface area contributed by atoms with Gasteiger partial charge in [0.25, 0.3) is 0 Å². The second-order valence-corrected chi connectivity index (χ2v) is 6.24. The number of para-hydroxylation sites is 1. The van der Waals surface area contributed by atoms with Crippen LogP contribution in [0.5, 0.6) is 0 Å². The summed E-state index contributed by atoms with van der Waals surface area (Å²) in [5, 5.41) is 13.7. The van der Waals surface area contributed by atoms with Gasteiger partial charge in [-0.05, 0) is 36.4 Å². The van der Waals surface area contributed by atoms with Gasteiger partial charge in [-0.3, -0.25) is 0 Å². The summed E-state index contributed by atoms with van der Waals surface area (Å²) < 4.78 is 13.7. The number of nitrogens with zero attached hydrogens (tertiary/aromatic N) is 1. The van der Waals surface area contributed by atoms with Gasteiger partial charge in [0.2, 0.25) is 0 Å². The SMILES string of the molecule is CNC[C@@H](O)[C@H](c1cccc(F)c1)N1C[C@@H](C)c2ccccc21.Cl. The molecule has 2 aromatic carbocycles. The zero-order valence-corrected chi connectivity index (χ0v) is 14.8. The second-order valence-electron chi connectivity index (χ2n) is 6.24. The molecule has 2 aromatic rings. The number of hydrogen-bond donors (Lipinski definition) is 2. The molecule has 0 saturated carbocycles. The normalized spacial score (nSPS) is 18.7. The van der Waals surface area contributed by atoms with E-state index in [0.29, 0.717) is 12.5 Å². The smallest absolute Gasteiger partial charge is 0.123 e. The molecule has 0 spiro atoms. The third-order valence-electron chi connectivity index (χ3n) is 4.55. The molecule has 1 heterocycles. The lowest BCUT2D eigenvalue weighted by molar-refractivity contribution is 0.140. The number of aliphatic hydroxyl groups excluding tert-OH is 1. The molecule has 0 unspecified atom stereocenters. The van der Waals surface area contributed by atoms with E-state index in [0.717, 1.165) is 17.8 Å². The number of anilines is 1. The average molecular weight is 351 g/mol. The van der Waals surface area contributed by atoms with Crippen LogP contribution in [0, 0.1) is 5.82 Å². The zero-order chi connectivity index (χ0) is 16.4. The minimum atomic E-state index is -0.625. The highest BCUT2D eigenvalue weighted by molar-refractivity contribution is 5.85. The first-order valence-electron chi connectivity index (χ1n) is 8.05. The molecule has 1 aliphatic heterocycles. The van der Waals surface area contributed by atoms with Crippen molar-refractivity contribution >= 4 is 18.1 Å². The van der Waals surface area contributed by atoms with Crippen LogP contribution >= 0.6 is 12.4 Å². The van der Waals surface area contributed by atoms with Gasteiger partial charge in [-0.2, -0.15) is 0 Å². The van der Waals surface area contributed by atoms with Gasteiger partial charge in [0.15, 0.2) is 0 Å². The van der Waals surface area contributed by atoms with Crippen molar-refractivity contribution in [2.75, 3.05) is 25.0 Å². The predicted octanol–water partition coefficient (Wildman–Crippen LogP) is 3.49. The van der Waals surface area contributed by atoms with Crippen molar-refractivity contribution in [1.82, 2.24) is 5.32 Å². The van der Waals surface area contributed by atoms with Gasteiger partial charge < -0.3 is 15.3 Å². The number of halogens is 2. The monoisotopic (exact) mass is 350 g/mol. The number of fused-ring (bicyclic) bond motifs is 1.